The van der Waals surface area contributed by atoms with Gasteiger partial charge in [-0.15, -0.1) is 4.80 Å². The number of carboxylic acids is 1. The molecule has 1 amide bonds. The Morgan fingerprint density at radius 3 is 2.65 bits per heavy atom. The zero-order valence-electron chi connectivity index (χ0n) is 8.44. The number of hydrogen-bond acceptors (Lipinski definition) is 5. The van der Waals surface area contributed by atoms with Crippen molar-refractivity contribution in [2.75, 3.05) is 5.32 Å². The molecule has 8 nitrogen and oxygen atoms in total. The monoisotopic (exact) mass is 233 g/mol. The third-order valence-electron chi connectivity index (χ3n) is 1.92. The Labute approximate surface area is 94.9 Å². The Morgan fingerprint density at radius 1 is 1.35 bits per heavy atom. The summed E-state index contributed by atoms with van der Waals surface area (Å²) in [5.74, 6) is -1.08. The van der Waals surface area contributed by atoms with Crippen LogP contribution in [0.2, 0.25) is 0 Å². The number of hydrogen-bond donors (Lipinski definition) is 2. The molecule has 0 atom stereocenters. The number of carbonyl (C=O) groups is 2. The van der Waals surface area contributed by atoms with E-state index < -0.39 is 5.97 Å². The number of aromatic nitrogens is 4. The SMILES string of the molecule is O=CNc1ccc(-n2nccn2)c(C(=O)O)n1. The first kappa shape index (κ1) is 10.7. The molecule has 0 aliphatic rings. The van der Waals surface area contributed by atoms with Crippen LogP contribution >= 0.6 is 0 Å². The van der Waals surface area contributed by atoms with Crippen LogP contribution in [0.3, 0.4) is 0 Å². The molecule has 2 rings (SSSR count). The van der Waals surface area contributed by atoms with Crippen molar-refractivity contribution in [3.8, 4) is 5.69 Å². The Bertz CT molecular complexity index is 552. The normalized spacial score (nSPS) is 9.88. The molecule has 0 radical (unpaired) electrons. The van der Waals surface area contributed by atoms with Crippen molar-refractivity contribution in [3.63, 3.8) is 0 Å². The fourth-order valence-electron chi connectivity index (χ4n) is 1.25. The standard InChI is InChI=1S/C9H7N5O3/c15-5-10-7-2-1-6(8(13-7)9(16)17)14-11-3-4-12-14/h1-5H,(H,16,17)(H,10,13,15). The second-order valence-corrected chi connectivity index (χ2v) is 2.95. The van der Waals surface area contributed by atoms with E-state index >= 15 is 0 Å². The lowest BCUT2D eigenvalue weighted by Gasteiger charge is -2.05. The van der Waals surface area contributed by atoms with E-state index in [1.807, 2.05) is 0 Å². The van der Waals surface area contributed by atoms with Gasteiger partial charge < -0.3 is 10.4 Å². The van der Waals surface area contributed by atoms with Crippen molar-refractivity contribution in [3.05, 3.63) is 30.2 Å². The zero-order chi connectivity index (χ0) is 12.3. The van der Waals surface area contributed by atoms with Crippen molar-refractivity contribution >= 4 is 18.2 Å². The first-order valence-electron chi connectivity index (χ1n) is 4.53. The smallest absolute Gasteiger partial charge is 0.356 e. The number of rotatable bonds is 4. The summed E-state index contributed by atoms with van der Waals surface area (Å²) in [7, 11) is 0. The Kier molecular flexibility index (Phi) is 2.77. The van der Waals surface area contributed by atoms with Crippen LogP contribution in [0.4, 0.5) is 5.82 Å². The van der Waals surface area contributed by atoms with E-state index in [0.29, 0.717) is 6.41 Å². The van der Waals surface area contributed by atoms with Crippen molar-refractivity contribution in [2.24, 2.45) is 0 Å². The molecule has 0 aliphatic heterocycles. The van der Waals surface area contributed by atoms with Gasteiger partial charge in [0.1, 0.15) is 11.5 Å². The van der Waals surface area contributed by atoms with Gasteiger partial charge in [-0.3, -0.25) is 4.79 Å². The molecule has 0 bridgehead atoms. The summed E-state index contributed by atoms with van der Waals surface area (Å²) in [6, 6.07) is 2.92. The number of aromatic carboxylic acids is 1. The number of carbonyl (C=O) groups excluding carboxylic acids is 1. The summed E-state index contributed by atoms with van der Waals surface area (Å²) in [4.78, 5) is 26.2. The quantitative estimate of drug-likeness (QED) is 0.715. The van der Waals surface area contributed by atoms with Crippen LogP contribution < -0.4 is 5.32 Å². The van der Waals surface area contributed by atoms with Crippen molar-refractivity contribution < 1.29 is 14.7 Å². The highest BCUT2D eigenvalue weighted by Gasteiger charge is 2.15. The molecule has 2 aromatic heterocycles. The van der Waals surface area contributed by atoms with E-state index in [9.17, 15) is 9.59 Å². The number of pyridine rings is 1. The minimum absolute atomic E-state index is 0.147. The summed E-state index contributed by atoms with van der Waals surface area (Å²) >= 11 is 0. The van der Waals surface area contributed by atoms with Crippen LogP contribution in [-0.4, -0.2) is 37.5 Å². The number of anilines is 1. The molecule has 0 unspecified atom stereocenters. The maximum absolute atomic E-state index is 11.0. The molecule has 0 saturated carbocycles. The highest BCUT2D eigenvalue weighted by atomic mass is 16.4. The fourth-order valence-corrected chi connectivity index (χ4v) is 1.25. The second kappa shape index (κ2) is 4.39. The summed E-state index contributed by atoms with van der Waals surface area (Å²) in [5.41, 5.74) is -0.0213. The van der Waals surface area contributed by atoms with Crippen LogP contribution in [0.15, 0.2) is 24.5 Å². The van der Waals surface area contributed by atoms with Crippen LogP contribution in [-0.2, 0) is 4.79 Å². The van der Waals surface area contributed by atoms with Gasteiger partial charge in [-0.2, -0.15) is 10.2 Å². The molecule has 86 valence electrons. The first-order chi connectivity index (χ1) is 8.22. The molecule has 8 heteroatoms. The highest BCUT2D eigenvalue weighted by molar-refractivity contribution is 5.90. The number of amides is 1. The summed E-state index contributed by atoms with van der Waals surface area (Å²) in [5, 5.41) is 18.9. The van der Waals surface area contributed by atoms with Crippen LogP contribution in [0, 0.1) is 0 Å². The van der Waals surface area contributed by atoms with Gasteiger partial charge in [0.15, 0.2) is 5.69 Å². The third-order valence-corrected chi connectivity index (χ3v) is 1.92. The van der Waals surface area contributed by atoms with Gasteiger partial charge in [0, 0.05) is 0 Å². The Hall–Kier alpha value is -2.77. The number of nitrogens with one attached hydrogen (secondary N) is 1. The molecule has 0 aromatic carbocycles. The minimum Gasteiger partial charge on any atom is -0.476 e. The van der Waals surface area contributed by atoms with Gasteiger partial charge in [-0.25, -0.2) is 9.78 Å². The summed E-state index contributed by atoms with van der Waals surface area (Å²) < 4.78 is 0. The lowest BCUT2D eigenvalue weighted by atomic mass is 10.3. The lowest BCUT2D eigenvalue weighted by molar-refractivity contribution is -0.105. The maximum atomic E-state index is 11.0. The number of nitrogens with zero attached hydrogens (tertiary/aromatic N) is 4. The van der Waals surface area contributed by atoms with Gasteiger partial charge in [-0.05, 0) is 12.1 Å². The van der Waals surface area contributed by atoms with E-state index in [4.69, 9.17) is 5.11 Å². The minimum atomic E-state index is -1.23. The first-order valence-corrected chi connectivity index (χ1v) is 4.53. The van der Waals surface area contributed by atoms with E-state index in [1.54, 1.807) is 0 Å². The molecule has 17 heavy (non-hydrogen) atoms. The van der Waals surface area contributed by atoms with Crippen molar-refractivity contribution in [1.82, 2.24) is 20.0 Å². The van der Waals surface area contributed by atoms with Crippen molar-refractivity contribution in [2.45, 2.75) is 0 Å². The second-order valence-electron chi connectivity index (χ2n) is 2.95. The Balaban J connectivity index is 2.52. The van der Waals surface area contributed by atoms with Gasteiger partial charge in [-0.1, -0.05) is 0 Å². The Morgan fingerprint density at radius 2 is 2.06 bits per heavy atom. The maximum Gasteiger partial charge on any atom is 0.356 e. The van der Waals surface area contributed by atoms with E-state index in [-0.39, 0.29) is 17.2 Å². The molecule has 0 saturated heterocycles. The molecule has 2 aromatic rings. The van der Waals surface area contributed by atoms with Gasteiger partial charge in [0.25, 0.3) is 0 Å². The molecule has 0 aliphatic carbocycles. The molecular formula is C9H7N5O3. The van der Waals surface area contributed by atoms with E-state index in [2.05, 4.69) is 20.5 Å². The largest absolute Gasteiger partial charge is 0.476 e. The van der Waals surface area contributed by atoms with Gasteiger partial charge in [0.05, 0.1) is 12.4 Å². The van der Waals surface area contributed by atoms with Crippen LogP contribution in [0.25, 0.3) is 5.69 Å². The fraction of sp³-hybridized carbons (Fsp3) is 0. The van der Waals surface area contributed by atoms with Gasteiger partial charge in [0.2, 0.25) is 6.41 Å². The molecule has 0 spiro atoms. The van der Waals surface area contributed by atoms with E-state index in [1.165, 1.54) is 24.5 Å². The molecule has 2 N–H and O–H groups in total. The topological polar surface area (TPSA) is 110 Å². The lowest BCUT2D eigenvalue weighted by Crippen LogP contribution is -2.11. The van der Waals surface area contributed by atoms with Crippen molar-refractivity contribution in [1.29, 1.82) is 0 Å². The van der Waals surface area contributed by atoms with Crippen LogP contribution in [0.1, 0.15) is 10.5 Å². The average molecular weight is 233 g/mol. The van der Waals surface area contributed by atoms with E-state index in [0.717, 1.165) is 4.80 Å². The highest BCUT2D eigenvalue weighted by Crippen LogP contribution is 2.13. The van der Waals surface area contributed by atoms with Gasteiger partial charge >= 0.3 is 5.97 Å². The summed E-state index contributed by atoms with van der Waals surface area (Å²) in [6.45, 7) is 0. The predicted octanol–water partition coefficient (Wildman–Crippen LogP) is -0.0712. The molecule has 2 heterocycles. The summed E-state index contributed by atoms with van der Waals surface area (Å²) in [6.07, 6.45) is 3.26. The number of carboxylic acid groups (broad SMARTS) is 1. The molecular weight excluding hydrogens is 226 g/mol. The third kappa shape index (κ3) is 2.09. The predicted molar refractivity (Wildman–Crippen MR) is 55.8 cm³/mol. The molecule has 0 fully saturated rings. The average Bonchev–Trinajstić information content (AvgIpc) is 2.82. The zero-order valence-corrected chi connectivity index (χ0v) is 8.44. The van der Waals surface area contributed by atoms with Crippen LogP contribution in [0.5, 0.6) is 0 Å².